The number of amides is 2. The molecule has 2 N–H and O–H groups in total. The van der Waals surface area contributed by atoms with Gasteiger partial charge in [0.25, 0.3) is 17.5 Å². The van der Waals surface area contributed by atoms with E-state index in [0.29, 0.717) is 11.7 Å². The molecule has 0 aromatic heterocycles. The van der Waals surface area contributed by atoms with E-state index in [2.05, 4.69) is 24.7 Å². The molecule has 0 saturated heterocycles. The van der Waals surface area contributed by atoms with E-state index in [0.717, 1.165) is 5.56 Å². The van der Waals surface area contributed by atoms with E-state index in [9.17, 15) is 19.7 Å². The molecule has 142 valence electrons. The first-order valence-corrected chi connectivity index (χ1v) is 8.35. The Morgan fingerprint density at radius 2 is 1.78 bits per heavy atom. The van der Waals surface area contributed by atoms with Gasteiger partial charge in [0.1, 0.15) is 5.75 Å². The smallest absolute Gasteiger partial charge is 0.276 e. The van der Waals surface area contributed by atoms with E-state index < -0.39 is 16.7 Å². The van der Waals surface area contributed by atoms with Gasteiger partial charge in [-0.1, -0.05) is 19.9 Å². The highest BCUT2D eigenvalue weighted by molar-refractivity contribution is 5.95. The maximum absolute atomic E-state index is 11.9. The highest BCUT2D eigenvalue weighted by atomic mass is 16.6. The predicted molar refractivity (Wildman–Crippen MR) is 99.5 cm³/mol. The van der Waals surface area contributed by atoms with Crippen LogP contribution >= 0.6 is 0 Å². The molecule has 2 aromatic rings. The molecule has 0 bridgehead atoms. The lowest BCUT2D eigenvalue weighted by Gasteiger charge is -2.12. The molecular formula is C19H21N3O5. The maximum atomic E-state index is 11.9. The molecular weight excluding hydrogens is 350 g/mol. The van der Waals surface area contributed by atoms with Crippen molar-refractivity contribution in [2.75, 3.05) is 6.61 Å². The van der Waals surface area contributed by atoms with E-state index in [1.165, 1.54) is 29.8 Å². The number of nitrogens with one attached hydrogen (secondary N) is 2. The molecule has 0 radical (unpaired) electrons. The average molecular weight is 371 g/mol. The summed E-state index contributed by atoms with van der Waals surface area (Å²) in [5.74, 6) is -0.156. The third-order valence-electron chi connectivity index (χ3n) is 3.89. The fraction of sp³-hybridized carbons (Fsp3) is 0.263. The quantitative estimate of drug-likeness (QED) is 0.599. The standard InChI is InChI=1S/C19H21N3O5/c1-12(2)17-9-8-16(10-13(17)3)27-11-18(23)20-21-19(24)14-4-6-15(7-5-14)22(25)26/h4-10,12H,11H2,1-3H3,(H,20,23)(H,21,24). The van der Waals surface area contributed by atoms with Crippen LogP contribution in [-0.2, 0) is 4.79 Å². The molecule has 0 aliphatic heterocycles. The maximum Gasteiger partial charge on any atom is 0.276 e. The van der Waals surface area contributed by atoms with Gasteiger partial charge in [0, 0.05) is 17.7 Å². The first-order valence-electron chi connectivity index (χ1n) is 8.35. The van der Waals surface area contributed by atoms with Gasteiger partial charge in [-0.05, 0) is 48.2 Å². The van der Waals surface area contributed by atoms with Gasteiger partial charge < -0.3 is 4.74 Å². The van der Waals surface area contributed by atoms with Gasteiger partial charge in [-0.15, -0.1) is 0 Å². The van der Waals surface area contributed by atoms with Crippen molar-refractivity contribution in [3.63, 3.8) is 0 Å². The first-order chi connectivity index (χ1) is 12.8. The molecule has 0 spiro atoms. The zero-order valence-corrected chi connectivity index (χ0v) is 15.3. The van der Waals surface area contributed by atoms with Crippen LogP contribution < -0.4 is 15.6 Å². The topological polar surface area (TPSA) is 111 Å². The van der Waals surface area contributed by atoms with Crippen molar-refractivity contribution in [1.82, 2.24) is 10.9 Å². The van der Waals surface area contributed by atoms with Crippen molar-refractivity contribution in [2.45, 2.75) is 26.7 Å². The van der Waals surface area contributed by atoms with Gasteiger partial charge in [-0.3, -0.25) is 30.6 Å². The largest absolute Gasteiger partial charge is 0.484 e. The summed E-state index contributed by atoms with van der Waals surface area (Å²) in [6, 6.07) is 10.6. The number of hydrazine groups is 1. The predicted octanol–water partition coefficient (Wildman–Crippen LogP) is 2.87. The minimum atomic E-state index is -0.588. The van der Waals surface area contributed by atoms with Crippen LogP contribution in [0.5, 0.6) is 5.75 Å². The Hall–Kier alpha value is -3.42. The number of hydrogen-bond donors (Lipinski definition) is 2. The third kappa shape index (κ3) is 5.53. The number of hydrogen-bond acceptors (Lipinski definition) is 5. The SMILES string of the molecule is Cc1cc(OCC(=O)NNC(=O)c2ccc([N+](=O)[O-])cc2)ccc1C(C)C. The molecule has 27 heavy (non-hydrogen) atoms. The molecule has 8 heteroatoms. The number of rotatable bonds is 6. The van der Waals surface area contributed by atoms with Crippen LogP contribution in [0.4, 0.5) is 5.69 Å². The number of nitrogens with zero attached hydrogens (tertiary/aromatic N) is 1. The van der Waals surface area contributed by atoms with Crippen molar-refractivity contribution < 1.29 is 19.2 Å². The fourth-order valence-corrected chi connectivity index (χ4v) is 2.50. The van der Waals surface area contributed by atoms with Crippen LogP contribution in [0.2, 0.25) is 0 Å². The average Bonchev–Trinajstić information content (AvgIpc) is 2.64. The summed E-state index contributed by atoms with van der Waals surface area (Å²) in [7, 11) is 0. The first kappa shape index (κ1) is 19.9. The number of carbonyl (C=O) groups is 2. The van der Waals surface area contributed by atoms with Crippen LogP contribution in [-0.4, -0.2) is 23.3 Å². The molecule has 0 atom stereocenters. The summed E-state index contributed by atoms with van der Waals surface area (Å²) in [6.45, 7) is 5.92. The van der Waals surface area contributed by atoms with Crippen molar-refractivity contribution in [3.8, 4) is 5.75 Å². The number of nitro benzene ring substituents is 1. The summed E-state index contributed by atoms with van der Waals surface area (Å²) in [6.07, 6.45) is 0. The van der Waals surface area contributed by atoms with Gasteiger partial charge in [0.2, 0.25) is 0 Å². The van der Waals surface area contributed by atoms with Gasteiger partial charge in [0.05, 0.1) is 4.92 Å². The van der Waals surface area contributed by atoms with Crippen LogP contribution in [0.15, 0.2) is 42.5 Å². The summed E-state index contributed by atoms with van der Waals surface area (Å²) in [4.78, 5) is 33.8. The van der Waals surface area contributed by atoms with Crippen LogP contribution in [0, 0.1) is 17.0 Å². The fourth-order valence-electron chi connectivity index (χ4n) is 2.50. The molecule has 0 fully saturated rings. The van der Waals surface area contributed by atoms with E-state index in [1.54, 1.807) is 6.07 Å². The van der Waals surface area contributed by atoms with E-state index in [1.807, 2.05) is 19.1 Å². The molecule has 0 saturated carbocycles. The van der Waals surface area contributed by atoms with Crippen LogP contribution in [0.25, 0.3) is 0 Å². The number of non-ortho nitro benzene ring substituents is 1. The minimum Gasteiger partial charge on any atom is -0.484 e. The van der Waals surface area contributed by atoms with E-state index in [4.69, 9.17) is 4.74 Å². The monoisotopic (exact) mass is 371 g/mol. The molecule has 0 aliphatic carbocycles. The van der Waals surface area contributed by atoms with Crippen LogP contribution in [0.1, 0.15) is 41.3 Å². The highest BCUT2D eigenvalue weighted by Gasteiger charge is 2.11. The third-order valence-corrected chi connectivity index (χ3v) is 3.89. The summed E-state index contributed by atoms with van der Waals surface area (Å²) >= 11 is 0. The Morgan fingerprint density at radius 3 is 2.33 bits per heavy atom. The second kappa shape index (κ2) is 8.79. The lowest BCUT2D eigenvalue weighted by Crippen LogP contribution is -2.43. The van der Waals surface area contributed by atoms with Gasteiger partial charge in [-0.25, -0.2) is 0 Å². The molecule has 0 heterocycles. The molecule has 2 aromatic carbocycles. The highest BCUT2D eigenvalue weighted by Crippen LogP contribution is 2.23. The molecule has 0 unspecified atom stereocenters. The number of carbonyl (C=O) groups excluding carboxylic acids is 2. The summed E-state index contributed by atoms with van der Waals surface area (Å²) < 4.78 is 5.43. The molecule has 2 rings (SSSR count). The Kier molecular flexibility index (Phi) is 6.48. The van der Waals surface area contributed by atoms with Crippen molar-refractivity contribution in [3.05, 3.63) is 69.3 Å². The van der Waals surface area contributed by atoms with Crippen molar-refractivity contribution in [1.29, 1.82) is 0 Å². The Balaban J connectivity index is 1.83. The van der Waals surface area contributed by atoms with E-state index in [-0.39, 0.29) is 17.9 Å². The lowest BCUT2D eigenvalue weighted by atomic mass is 9.98. The Bertz CT molecular complexity index is 847. The minimum absolute atomic E-state index is 0.122. The molecule has 8 nitrogen and oxygen atoms in total. The summed E-state index contributed by atoms with van der Waals surface area (Å²) in [5.41, 5.74) is 6.81. The van der Waals surface area contributed by atoms with Crippen molar-refractivity contribution >= 4 is 17.5 Å². The molecule has 2 amide bonds. The summed E-state index contributed by atoms with van der Waals surface area (Å²) in [5, 5.41) is 10.6. The van der Waals surface area contributed by atoms with Gasteiger partial charge in [0.15, 0.2) is 6.61 Å². The zero-order valence-electron chi connectivity index (χ0n) is 15.3. The molecule has 0 aliphatic rings. The number of aryl methyl sites for hydroxylation is 1. The number of ether oxygens (including phenoxy) is 1. The van der Waals surface area contributed by atoms with Gasteiger partial charge in [-0.2, -0.15) is 0 Å². The van der Waals surface area contributed by atoms with Crippen LogP contribution in [0.3, 0.4) is 0 Å². The Morgan fingerprint density at radius 1 is 1.11 bits per heavy atom. The Labute approximate surface area is 156 Å². The zero-order chi connectivity index (χ0) is 20.0. The second-order valence-corrected chi connectivity index (χ2v) is 6.27. The van der Waals surface area contributed by atoms with E-state index >= 15 is 0 Å². The number of nitro groups is 1. The van der Waals surface area contributed by atoms with Gasteiger partial charge >= 0.3 is 0 Å². The van der Waals surface area contributed by atoms with Crippen molar-refractivity contribution in [2.24, 2.45) is 0 Å². The number of benzene rings is 2. The second-order valence-electron chi connectivity index (χ2n) is 6.27. The lowest BCUT2D eigenvalue weighted by molar-refractivity contribution is -0.384. The normalized spacial score (nSPS) is 10.4.